The Balaban J connectivity index is 1.31. The predicted octanol–water partition coefficient (Wildman–Crippen LogP) is 2.81. The van der Waals surface area contributed by atoms with Gasteiger partial charge in [0, 0.05) is 44.2 Å². The van der Waals surface area contributed by atoms with Gasteiger partial charge in [-0.1, -0.05) is 36.7 Å². The lowest BCUT2D eigenvalue weighted by molar-refractivity contribution is 0.0824. The number of ether oxygens (including phenoxy) is 2. The maximum Gasteiger partial charge on any atom is 0.320 e. The molecule has 3 aliphatic heterocycles. The number of alkyl halides is 1. The Bertz CT molecular complexity index is 965. The standard InChI is InChI=1S/C25H34BFN4O2/c1-32-23-21-9-12-30(14-18-5-3-2-4-6-18)16-22(21)28-24(29-23)33-17-25-10-7-20(8-11-26)31(25)15-19(27)13-25/h2-6,19-20H,7-17,26H2,1H3/t19-,20?,25+/m1/s1. The summed E-state index contributed by atoms with van der Waals surface area (Å²) in [4.78, 5) is 14.1. The van der Waals surface area contributed by atoms with Crippen molar-refractivity contribution in [3.8, 4) is 11.9 Å². The lowest BCUT2D eigenvalue weighted by Gasteiger charge is -2.34. The first-order valence-corrected chi connectivity index (χ1v) is 12.3. The summed E-state index contributed by atoms with van der Waals surface area (Å²) >= 11 is 0. The molecular formula is C25H34BFN4O2. The fourth-order valence-electron chi connectivity index (χ4n) is 6.06. The van der Waals surface area contributed by atoms with Crippen LogP contribution in [0.25, 0.3) is 0 Å². The lowest BCUT2D eigenvalue weighted by atomic mass is 9.94. The van der Waals surface area contributed by atoms with Gasteiger partial charge in [0.25, 0.3) is 0 Å². The monoisotopic (exact) mass is 452 g/mol. The van der Waals surface area contributed by atoms with Crippen molar-refractivity contribution in [3.63, 3.8) is 0 Å². The van der Waals surface area contributed by atoms with Crippen molar-refractivity contribution in [1.29, 1.82) is 0 Å². The van der Waals surface area contributed by atoms with Crippen LogP contribution in [-0.4, -0.2) is 72.2 Å². The summed E-state index contributed by atoms with van der Waals surface area (Å²) in [6, 6.07) is 11.3. The van der Waals surface area contributed by atoms with E-state index in [0.717, 1.165) is 62.9 Å². The summed E-state index contributed by atoms with van der Waals surface area (Å²) in [7, 11) is 3.86. The molecule has 8 heteroatoms. The highest BCUT2D eigenvalue weighted by molar-refractivity contribution is 6.08. The fourth-order valence-corrected chi connectivity index (χ4v) is 6.06. The second-order valence-corrected chi connectivity index (χ2v) is 9.83. The van der Waals surface area contributed by atoms with Crippen molar-refractivity contribution < 1.29 is 13.9 Å². The maximum atomic E-state index is 14.4. The Morgan fingerprint density at radius 2 is 2.09 bits per heavy atom. The van der Waals surface area contributed by atoms with Crippen LogP contribution in [-0.2, 0) is 19.5 Å². The molecule has 0 spiro atoms. The van der Waals surface area contributed by atoms with Crippen LogP contribution in [0.15, 0.2) is 30.3 Å². The molecule has 2 saturated heterocycles. The fraction of sp³-hybridized carbons (Fsp3) is 0.600. The number of benzene rings is 1. The molecule has 3 atom stereocenters. The summed E-state index contributed by atoms with van der Waals surface area (Å²) in [6.07, 6.45) is 4.96. The summed E-state index contributed by atoms with van der Waals surface area (Å²) in [5.41, 5.74) is 3.11. The van der Waals surface area contributed by atoms with Crippen LogP contribution in [0.2, 0.25) is 6.32 Å². The molecule has 0 bridgehead atoms. The Labute approximate surface area is 196 Å². The van der Waals surface area contributed by atoms with E-state index in [1.807, 2.05) is 6.07 Å². The molecule has 4 heterocycles. The highest BCUT2D eigenvalue weighted by Gasteiger charge is 2.53. The summed E-state index contributed by atoms with van der Waals surface area (Å²) in [5.74, 6) is 0.605. The van der Waals surface area contributed by atoms with E-state index in [2.05, 4.69) is 46.9 Å². The Kier molecular flexibility index (Phi) is 6.57. The molecule has 5 rings (SSSR count). The van der Waals surface area contributed by atoms with E-state index in [-0.39, 0.29) is 5.54 Å². The zero-order valence-corrected chi connectivity index (χ0v) is 19.8. The first kappa shape index (κ1) is 22.6. The molecule has 0 saturated carbocycles. The quantitative estimate of drug-likeness (QED) is 0.575. The van der Waals surface area contributed by atoms with Gasteiger partial charge in [-0.3, -0.25) is 9.80 Å². The zero-order valence-electron chi connectivity index (χ0n) is 19.8. The van der Waals surface area contributed by atoms with Crippen LogP contribution in [0.4, 0.5) is 4.39 Å². The maximum absolute atomic E-state index is 14.4. The van der Waals surface area contributed by atoms with Gasteiger partial charge in [0.05, 0.1) is 18.3 Å². The number of methoxy groups -OCH3 is 1. The molecule has 33 heavy (non-hydrogen) atoms. The van der Waals surface area contributed by atoms with Gasteiger partial charge >= 0.3 is 6.01 Å². The predicted molar refractivity (Wildman–Crippen MR) is 128 cm³/mol. The second-order valence-electron chi connectivity index (χ2n) is 9.83. The summed E-state index contributed by atoms with van der Waals surface area (Å²) < 4.78 is 26.3. The number of aromatic nitrogens is 2. The van der Waals surface area contributed by atoms with E-state index in [0.29, 0.717) is 37.5 Å². The van der Waals surface area contributed by atoms with Gasteiger partial charge in [0.1, 0.15) is 20.6 Å². The molecule has 2 fully saturated rings. The Hall–Kier alpha value is -2.19. The lowest BCUT2D eigenvalue weighted by Crippen LogP contribution is -2.46. The van der Waals surface area contributed by atoms with E-state index in [4.69, 9.17) is 14.5 Å². The molecule has 176 valence electrons. The third kappa shape index (κ3) is 4.60. The highest BCUT2D eigenvalue weighted by Crippen LogP contribution is 2.45. The average Bonchev–Trinajstić information content (AvgIpc) is 3.32. The van der Waals surface area contributed by atoms with Crippen molar-refractivity contribution in [2.24, 2.45) is 0 Å². The molecule has 1 unspecified atom stereocenters. The minimum atomic E-state index is -0.779. The van der Waals surface area contributed by atoms with E-state index >= 15 is 0 Å². The molecule has 1 aromatic heterocycles. The minimum Gasteiger partial charge on any atom is -0.481 e. The minimum absolute atomic E-state index is 0.231. The van der Waals surface area contributed by atoms with Gasteiger partial charge < -0.3 is 9.47 Å². The second kappa shape index (κ2) is 9.59. The van der Waals surface area contributed by atoms with Crippen LogP contribution in [0.5, 0.6) is 11.9 Å². The molecule has 2 aromatic rings. The normalized spacial score (nSPS) is 27.3. The third-order valence-electron chi connectivity index (χ3n) is 7.61. The van der Waals surface area contributed by atoms with Crippen molar-refractivity contribution in [2.45, 2.75) is 69.3 Å². The van der Waals surface area contributed by atoms with Gasteiger partial charge in [-0.2, -0.15) is 9.97 Å². The number of hydrogen-bond donors (Lipinski definition) is 0. The van der Waals surface area contributed by atoms with E-state index in [9.17, 15) is 4.39 Å². The van der Waals surface area contributed by atoms with Gasteiger partial charge in [0.2, 0.25) is 5.88 Å². The van der Waals surface area contributed by atoms with Gasteiger partial charge in [-0.05, 0) is 31.2 Å². The number of hydrogen-bond acceptors (Lipinski definition) is 6. The number of nitrogens with zero attached hydrogens (tertiary/aromatic N) is 4. The number of halogens is 1. The van der Waals surface area contributed by atoms with Gasteiger partial charge in [0.15, 0.2) is 0 Å². The molecule has 6 nitrogen and oxygen atoms in total. The summed E-state index contributed by atoms with van der Waals surface area (Å²) in [6.45, 7) is 3.52. The third-order valence-corrected chi connectivity index (χ3v) is 7.61. The smallest absolute Gasteiger partial charge is 0.320 e. The van der Waals surface area contributed by atoms with Crippen LogP contribution in [0.3, 0.4) is 0 Å². The molecule has 0 radical (unpaired) electrons. The molecular weight excluding hydrogens is 418 g/mol. The van der Waals surface area contributed by atoms with E-state index in [1.54, 1.807) is 7.11 Å². The first-order chi connectivity index (χ1) is 16.1. The van der Waals surface area contributed by atoms with Crippen LogP contribution in [0, 0.1) is 0 Å². The Morgan fingerprint density at radius 1 is 1.24 bits per heavy atom. The molecule has 3 aliphatic rings. The number of fused-ring (bicyclic) bond motifs is 2. The van der Waals surface area contributed by atoms with E-state index < -0.39 is 6.17 Å². The van der Waals surface area contributed by atoms with Crippen molar-refractivity contribution in [1.82, 2.24) is 19.8 Å². The topological polar surface area (TPSA) is 50.7 Å². The van der Waals surface area contributed by atoms with Gasteiger partial charge in [-0.15, -0.1) is 0 Å². The summed E-state index contributed by atoms with van der Waals surface area (Å²) in [5, 5.41) is 0. The average molecular weight is 452 g/mol. The van der Waals surface area contributed by atoms with Crippen molar-refractivity contribution >= 4 is 7.85 Å². The van der Waals surface area contributed by atoms with Crippen LogP contribution < -0.4 is 9.47 Å². The van der Waals surface area contributed by atoms with E-state index in [1.165, 1.54) is 5.56 Å². The number of rotatable bonds is 8. The molecule has 1 aromatic carbocycles. The molecule has 0 amide bonds. The largest absolute Gasteiger partial charge is 0.481 e. The van der Waals surface area contributed by atoms with Crippen molar-refractivity contribution in [2.75, 3.05) is 26.8 Å². The van der Waals surface area contributed by atoms with Gasteiger partial charge in [-0.25, -0.2) is 4.39 Å². The molecule has 0 N–H and O–H groups in total. The highest BCUT2D eigenvalue weighted by atomic mass is 19.1. The first-order valence-electron chi connectivity index (χ1n) is 12.3. The van der Waals surface area contributed by atoms with Crippen LogP contribution in [0.1, 0.15) is 42.5 Å². The molecule has 0 aliphatic carbocycles. The van der Waals surface area contributed by atoms with Crippen LogP contribution >= 0.6 is 0 Å². The zero-order chi connectivity index (χ0) is 22.8. The van der Waals surface area contributed by atoms with Crippen molar-refractivity contribution in [3.05, 3.63) is 47.2 Å². The Morgan fingerprint density at radius 3 is 2.88 bits per heavy atom. The SMILES string of the molecule is BCCC1CC[C@@]2(COc3nc4c(c(OC)n3)CCN(Cc3ccccc3)C4)C[C@@H](F)CN12.